The van der Waals surface area contributed by atoms with Gasteiger partial charge in [0.1, 0.15) is 0 Å². The third-order valence-electron chi connectivity index (χ3n) is 1.58. The van der Waals surface area contributed by atoms with Crippen LogP contribution < -0.4 is 3.53 Å². The van der Waals surface area contributed by atoms with Crippen LogP contribution >= 0.6 is 22.9 Å². The molecule has 0 aliphatic heterocycles. The molecule has 0 aliphatic rings. The highest BCUT2D eigenvalue weighted by Gasteiger charge is 2.10. The van der Waals surface area contributed by atoms with E-state index in [9.17, 15) is 4.79 Å². The molecule has 0 aromatic heterocycles. The van der Waals surface area contributed by atoms with Crippen molar-refractivity contribution in [2.24, 2.45) is 5.92 Å². The standard InChI is InChI=1S/C7H12INO/c1-4-5(2)6(3)7(10)9-8/h5H,3-4H2,1-2H3,(H,9,10)/t5-/m0/s1. The summed E-state index contributed by atoms with van der Waals surface area (Å²) in [4.78, 5) is 10.9. The van der Waals surface area contributed by atoms with Gasteiger partial charge in [-0.15, -0.1) is 0 Å². The van der Waals surface area contributed by atoms with Crippen LogP contribution in [-0.4, -0.2) is 5.91 Å². The molecule has 0 aromatic carbocycles. The van der Waals surface area contributed by atoms with E-state index in [4.69, 9.17) is 0 Å². The van der Waals surface area contributed by atoms with E-state index in [0.29, 0.717) is 5.57 Å². The lowest BCUT2D eigenvalue weighted by molar-refractivity contribution is -0.115. The zero-order valence-electron chi connectivity index (χ0n) is 6.28. The Labute approximate surface area is 75.6 Å². The number of nitrogens with one attached hydrogen (secondary N) is 1. The van der Waals surface area contributed by atoms with E-state index in [0.717, 1.165) is 6.42 Å². The summed E-state index contributed by atoms with van der Waals surface area (Å²) < 4.78 is 2.51. The first-order valence-corrected chi connectivity index (χ1v) is 4.31. The normalized spacial score (nSPS) is 12.3. The van der Waals surface area contributed by atoms with Gasteiger partial charge < -0.3 is 0 Å². The van der Waals surface area contributed by atoms with E-state index in [1.165, 1.54) is 0 Å². The molecule has 0 unspecified atom stereocenters. The van der Waals surface area contributed by atoms with E-state index in [1.807, 2.05) is 36.7 Å². The number of amides is 1. The zero-order chi connectivity index (χ0) is 8.15. The minimum Gasteiger partial charge on any atom is -0.295 e. The fourth-order valence-electron chi connectivity index (χ4n) is 0.531. The van der Waals surface area contributed by atoms with Gasteiger partial charge in [-0.2, -0.15) is 0 Å². The maximum absolute atomic E-state index is 10.9. The first-order chi connectivity index (χ1) is 4.63. The van der Waals surface area contributed by atoms with Crippen molar-refractivity contribution in [3.8, 4) is 0 Å². The van der Waals surface area contributed by atoms with Crippen molar-refractivity contribution in [3.63, 3.8) is 0 Å². The van der Waals surface area contributed by atoms with Crippen LogP contribution in [0.3, 0.4) is 0 Å². The fourth-order valence-corrected chi connectivity index (χ4v) is 0.877. The Morgan fingerprint density at radius 1 is 1.80 bits per heavy atom. The second kappa shape index (κ2) is 4.71. The lowest BCUT2D eigenvalue weighted by atomic mass is 10.00. The monoisotopic (exact) mass is 253 g/mol. The molecule has 0 fully saturated rings. The molecule has 0 aromatic rings. The van der Waals surface area contributed by atoms with Gasteiger partial charge in [-0.3, -0.25) is 8.32 Å². The van der Waals surface area contributed by atoms with Crippen LogP contribution in [0.4, 0.5) is 0 Å². The summed E-state index contributed by atoms with van der Waals surface area (Å²) in [6.07, 6.45) is 0.961. The second-order valence-corrected chi connectivity index (χ2v) is 2.80. The predicted octanol–water partition coefficient (Wildman–Crippen LogP) is 2.05. The lowest BCUT2D eigenvalue weighted by Gasteiger charge is -2.08. The van der Waals surface area contributed by atoms with Crippen LogP contribution in [0.2, 0.25) is 0 Å². The molecule has 1 atom stereocenters. The smallest absolute Gasteiger partial charge is 0.255 e. The minimum atomic E-state index is -0.0602. The Kier molecular flexibility index (Phi) is 4.68. The second-order valence-electron chi connectivity index (χ2n) is 2.26. The third-order valence-corrected chi connectivity index (χ3v) is 2.07. The molecule has 1 amide bonds. The Morgan fingerprint density at radius 3 is 2.60 bits per heavy atom. The molecule has 0 saturated carbocycles. The highest BCUT2D eigenvalue weighted by Crippen LogP contribution is 2.11. The number of rotatable bonds is 3. The van der Waals surface area contributed by atoms with E-state index in [-0.39, 0.29) is 11.8 Å². The first kappa shape index (κ1) is 9.94. The molecule has 58 valence electrons. The maximum atomic E-state index is 10.9. The summed E-state index contributed by atoms with van der Waals surface area (Å²) in [7, 11) is 0. The van der Waals surface area contributed by atoms with Crippen LogP contribution in [0.1, 0.15) is 20.3 Å². The van der Waals surface area contributed by atoms with Crippen molar-refractivity contribution >= 4 is 28.8 Å². The maximum Gasteiger partial charge on any atom is 0.255 e. The van der Waals surface area contributed by atoms with Gasteiger partial charge in [-0.05, 0) is 12.3 Å². The SMILES string of the molecule is C=C(C(=O)NI)[C@@H](C)CC. The average molecular weight is 253 g/mol. The van der Waals surface area contributed by atoms with E-state index in [1.54, 1.807) is 0 Å². The van der Waals surface area contributed by atoms with Crippen molar-refractivity contribution in [1.29, 1.82) is 0 Å². The van der Waals surface area contributed by atoms with E-state index < -0.39 is 0 Å². The lowest BCUT2D eigenvalue weighted by Crippen LogP contribution is -2.17. The molecule has 1 N–H and O–H groups in total. The molecular formula is C7H12INO. The number of hydrogen-bond donors (Lipinski definition) is 1. The van der Waals surface area contributed by atoms with Gasteiger partial charge >= 0.3 is 0 Å². The van der Waals surface area contributed by atoms with E-state index in [2.05, 4.69) is 10.1 Å². The molecule has 0 heterocycles. The molecular weight excluding hydrogens is 241 g/mol. The van der Waals surface area contributed by atoms with Gasteiger partial charge in [0.15, 0.2) is 0 Å². The molecule has 2 nitrogen and oxygen atoms in total. The molecule has 0 aliphatic carbocycles. The Bertz CT molecular complexity index is 145. The summed E-state index contributed by atoms with van der Waals surface area (Å²) in [5.41, 5.74) is 0.664. The van der Waals surface area contributed by atoms with Crippen molar-refractivity contribution in [3.05, 3.63) is 12.2 Å². The Morgan fingerprint density at radius 2 is 2.30 bits per heavy atom. The zero-order valence-corrected chi connectivity index (χ0v) is 8.44. The van der Waals surface area contributed by atoms with Crippen LogP contribution in [0, 0.1) is 5.92 Å². The molecule has 10 heavy (non-hydrogen) atoms. The fraction of sp³-hybridized carbons (Fsp3) is 0.571. The van der Waals surface area contributed by atoms with Crippen LogP contribution in [0.25, 0.3) is 0 Å². The van der Waals surface area contributed by atoms with Crippen molar-refractivity contribution < 1.29 is 4.79 Å². The largest absolute Gasteiger partial charge is 0.295 e. The summed E-state index contributed by atoms with van der Waals surface area (Å²) >= 11 is 1.82. The average Bonchev–Trinajstić information content (AvgIpc) is 2.00. The number of halogens is 1. The summed E-state index contributed by atoms with van der Waals surface area (Å²) in [6.45, 7) is 7.71. The van der Waals surface area contributed by atoms with Crippen molar-refractivity contribution in [2.45, 2.75) is 20.3 Å². The van der Waals surface area contributed by atoms with Gasteiger partial charge in [-0.1, -0.05) is 20.4 Å². The van der Waals surface area contributed by atoms with Crippen molar-refractivity contribution in [1.82, 2.24) is 3.53 Å². The molecule has 0 radical (unpaired) electrons. The quantitative estimate of drug-likeness (QED) is 0.465. The summed E-state index contributed by atoms with van der Waals surface area (Å²) in [5, 5.41) is 0. The molecule has 0 spiro atoms. The van der Waals surface area contributed by atoms with Gasteiger partial charge in [-0.25, -0.2) is 0 Å². The molecule has 0 saturated heterocycles. The number of hydrogen-bond acceptors (Lipinski definition) is 1. The van der Waals surface area contributed by atoms with Gasteiger partial charge in [0.2, 0.25) is 0 Å². The molecule has 0 rings (SSSR count). The summed E-state index contributed by atoms with van der Waals surface area (Å²) in [6, 6.07) is 0. The van der Waals surface area contributed by atoms with Crippen LogP contribution in [0.5, 0.6) is 0 Å². The van der Waals surface area contributed by atoms with Gasteiger partial charge in [0, 0.05) is 5.57 Å². The van der Waals surface area contributed by atoms with Gasteiger partial charge in [0.05, 0.1) is 22.9 Å². The van der Waals surface area contributed by atoms with E-state index >= 15 is 0 Å². The van der Waals surface area contributed by atoms with Gasteiger partial charge in [0.25, 0.3) is 5.91 Å². The summed E-state index contributed by atoms with van der Waals surface area (Å²) in [5.74, 6) is 0.227. The van der Waals surface area contributed by atoms with Crippen molar-refractivity contribution in [2.75, 3.05) is 0 Å². The Balaban J connectivity index is 3.95. The minimum absolute atomic E-state index is 0.0602. The van der Waals surface area contributed by atoms with Crippen LogP contribution in [-0.2, 0) is 4.79 Å². The predicted molar refractivity (Wildman–Crippen MR) is 50.8 cm³/mol. The molecule has 0 bridgehead atoms. The highest BCUT2D eigenvalue weighted by molar-refractivity contribution is 14.1. The molecule has 3 heteroatoms. The Hall–Kier alpha value is -0.0600. The first-order valence-electron chi connectivity index (χ1n) is 3.23. The number of carbonyl (C=O) groups excluding carboxylic acids is 1. The van der Waals surface area contributed by atoms with Crippen LogP contribution in [0.15, 0.2) is 12.2 Å². The topological polar surface area (TPSA) is 29.1 Å². The highest BCUT2D eigenvalue weighted by atomic mass is 127. The third kappa shape index (κ3) is 2.68. The number of carbonyl (C=O) groups is 1.